The van der Waals surface area contributed by atoms with E-state index in [0.29, 0.717) is 0 Å². The highest BCUT2D eigenvalue weighted by atomic mass is 79.9. The van der Waals surface area contributed by atoms with Crippen LogP contribution in [-0.4, -0.2) is 11.5 Å². The molecule has 12 heavy (non-hydrogen) atoms. The highest BCUT2D eigenvalue weighted by molar-refractivity contribution is 9.10. The Morgan fingerprint density at radius 2 is 2.33 bits per heavy atom. The lowest BCUT2D eigenvalue weighted by molar-refractivity contribution is 0.785. The number of nitrogens with one attached hydrogen (secondary N) is 1. The number of nitrogens with zero attached hydrogens (tertiary/aromatic N) is 1. The fourth-order valence-electron chi connectivity index (χ4n) is 1.48. The van der Waals surface area contributed by atoms with Gasteiger partial charge in [-0.2, -0.15) is 0 Å². The normalized spacial score (nSPS) is 16.1. The van der Waals surface area contributed by atoms with Crippen LogP contribution in [0.15, 0.2) is 16.7 Å². The molecule has 0 atom stereocenters. The van der Waals surface area contributed by atoms with Crippen LogP contribution >= 0.6 is 15.9 Å². The number of hydrogen-bond donors (Lipinski definition) is 1. The molecule has 2 nitrogen and oxygen atoms in total. The molecule has 0 fully saturated rings. The molecule has 1 N–H and O–H groups in total. The predicted octanol–water partition coefficient (Wildman–Crippen LogP) is 2.59. The number of rotatable bonds is 0. The predicted molar refractivity (Wildman–Crippen MR) is 53.4 cm³/mol. The summed E-state index contributed by atoms with van der Waals surface area (Å²) >= 11 is 3.43. The van der Waals surface area contributed by atoms with E-state index in [1.165, 1.54) is 18.4 Å². The zero-order valence-corrected chi connectivity index (χ0v) is 8.39. The Balaban J connectivity index is 2.36. The van der Waals surface area contributed by atoms with Crippen LogP contribution in [0.3, 0.4) is 0 Å². The number of anilines is 1. The second kappa shape index (κ2) is 3.44. The van der Waals surface area contributed by atoms with Gasteiger partial charge in [-0.15, -0.1) is 0 Å². The van der Waals surface area contributed by atoms with Crippen LogP contribution in [0.5, 0.6) is 0 Å². The van der Waals surface area contributed by atoms with E-state index >= 15 is 0 Å². The summed E-state index contributed by atoms with van der Waals surface area (Å²) in [5, 5.41) is 3.32. The molecular formula is C9H11BrN2. The van der Waals surface area contributed by atoms with Crippen molar-refractivity contribution in [2.24, 2.45) is 0 Å². The van der Waals surface area contributed by atoms with Gasteiger partial charge in [0.2, 0.25) is 0 Å². The van der Waals surface area contributed by atoms with Crippen molar-refractivity contribution in [3.05, 3.63) is 22.3 Å². The maximum absolute atomic E-state index is 4.32. The van der Waals surface area contributed by atoms with Crippen molar-refractivity contribution in [2.75, 3.05) is 11.9 Å². The van der Waals surface area contributed by atoms with E-state index in [1.54, 1.807) is 0 Å². The topological polar surface area (TPSA) is 24.9 Å². The third kappa shape index (κ3) is 1.61. The Morgan fingerprint density at radius 3 is 3.25 bits per heavy atom. The van der Waals surface area contributed by atoms with Gasteiger partial charge in [0, 0.05) is 17.2 Å². The van der Waals surface area contributed by atoms with Crippen molar-refractivity contribution in [3.8, 4) is 0 Å². The molecule has 2 heterocycles. The van der Waals surface area contributed by atoms with Gasteiger partial charge in [-0.3, -0.25) is 0 Å². The fraction of sp³-hybridized carbons (Fsp3) is 0.444. The molecule has 0 aromatic carbocycles. The van der Waals surface area contributed by atoms with E-state index in [4.69, 9.17) is 0 Å². The highest BCUT2D eigenvalue weighted by Crippen LogP contribution is 2.21. The molecule has 0 spiro atoms. The van der Waals surface area contributed by atoms with Gasteiger partial charge in [0.15, 0.2) is 0 Å². The van der Waals surface area contributed by atoms with Crippen molar-refractivity contribution < 1.29 is 0 Å². The van der Waals surface area contributed by atoms with Gasteiger partial charge in [-0.1, -0.05) is 0 Å². The first kappa shape index (κ1) is 8.05. The zero-order chi connectivity index (χ0) is 8.39. The number of aromatic nitrogens is 1. The average molecular weight is 227 g/mol. The number of hydrogen-bond acceptors (Lipinski definition) is 2. The maximum Gasteiger partial charge on any atom is 0.129 e. The first-order valence-corrected chi connectivity index (χ1v) is 5.04. The summed E-state index contributed by atoms with van der Waals surface area (Å²) in [4.78, 5) is 4.32. The molecule has 0 saturated heterocycles. The zero-order valence-electron chi connectivity index (χ0n) is 6.81. The lowest BCUT2D eigenvalue weighted by atomic mass is 10.1. The van der Waals surface area contributed by atoms with Crippen molar-refractivity contribution in [1.29, 1.82) is 0 Å². The minimum absolute atomic E-state index is 1.06. The first-order chi connectivity index (χ1) is 5.86. The Morgan fingerprint density at radius 1 is 1.42 bits per heavy atom. The van der Waals surface area contributed by atoms with Gasteiger partial charge in [0.25, 0.3) is 0 Å². The minimum Gasteiger partial charge on any atom is -0.370 e. The third-order valence-corrected chi connectivity index (χ3v) is 2.53. The van der Waals surface area contributed by atoms with Crippen LogP contribution in [0.4, 0.5) is 5.82 Å². The van der Waals surface area contributed by atoms with Gasteiger partial charge in [0.1, 0.15) is 5.82 Å². The smallest absolute Gasteiger partial charge is 0.129 e. The Kier molecular flexibility index (Phi) is 2.30. The van der Waals surface area contributed by atoms with Gasteiger partial charge >= 0.3 is 0 Å². The van der Waals surface area contributed by atoms with Gasteiger partial charge < -0.3 is 5.32 Å². The summed E-state index contributed by atoms with van der Waals surface area (Å²) in [7, 11) is 0. The summed E-state index contributed by atoms with van der Waals surface area (Å²) in [6, 6.07) is 2.15. The molecule has 2 rings (SSSR count). The molecule has 1 aromatic rings. The van der Waals surface area contributed by atoms with Crippen LogP contribution in [0.1, 0.15) is 18.4 Å². The molecule has 0 saturated carbocycles. The first-order valence-electron chi connectivity index (χ1n) is 4.24. The molecule has 1 aromatic heterocycles. The van der Waals surface area contributed by atoms with Crippen LogP contribution in [0.25, 0.3) is 0 Å². The van der Waals surface area contributed by atoms with Crippen molar-refractivity contribution in [1.82, 2.24) is 4.98 Å². The van der Waals surface area contributed by atoms with E-state index in [-0.39, 0.29) is 0 Å². The Hall–Kier alpha value is -0.570. The molecule has 0 bridgehead atoms. The summed E-state index contributed by atoms with van der Waals surface area (Å²) in [5.74, 6) is 1.07. The van der Waals surface area contributed by atoms with E-state index in [2.05, 4.69) is 32.3 Å². The Labute approximate surface area is 80.5 Å². The minimum atomic E-state index is 1.06. The maximum atomic E-state index is 4.32. The average Bonchev–Trinajstić information content (AvgIpc) is 2.28. The number of pyridine rings is 1. The van der Waals surface area contributed by atoms with Crippen LogP contribution in [0, 0.1) is 0 Å². The highest BCUT2D eigenvalue weighted by Gasteiger charge is 2.07. The second-order valence-corrected chi connectivity index (χ2v) is 3.96. The van der Waals surface area contributed by atoms with E-state index < -0.39 is 0 Å². The number of halogens is 1. The summed E-state index contributed by atoms with van der Waals surface area (Å²) < 4.78 is 1.07. The molecule has 0 unspecified atom stereocenters. The monoisotopic (exact) mass is 226 g/mol. The SMILES string of the molecule is Brc1cnc2c(c1)CCCCN2. The van der Waals surface area contributed by atoms with E-state index in [9.17, 15) is 0 Å². The molecule has 1 aliphatic heterocycles. The van der Waals surface area contributed by atoms with Crippen molar-refractivity contribution in [2.45, 2.75) is 19.3 Å². The van der Waals surface area contributed by atoms with Crippen LogP contribution < -0.4 is 5.32 Å². The molecule has 1 aliphatic rings. The molecule has 0 aliphatic carbocycles. The van der Waals surface area contributed by atoms with Gasteiger partial charge in [0.05, 0.1) is 0 Å². The van der Waals surface area contributed by atoms with Gasteiger partial charge in [-0.25, -0.2) is 4.98 Å². The molecule has 3 heteroatoms. The molecular weight excluding hydrogens is 216 g/mol. The molecule has 0 amide bonds. The van der Waals surface area contributed by atoms with Crippen LogP contribution in [0.2, 0.25) is 0 Å². The van der Waals surface area contributed by atoms with Gasteiger partial charge in [-0.05, 0) is 46.8 Å². The third-order valence-electron chi connectivity index (χ3n) is 2.10. The summed E-state index contributed by atoms with van der Waals surface area (Å²) in [6.07, 6.45) is 5.50. The van der Waals surface area contributed by atoms with Crippen molar-refractivity contribution >= 4 is 21.7 Å². The number of fused-ring (bicyclic) bond motifs is 1. The van der Waals surface area contributed by atoms with E-state index in [1.807, 2.05) is 6.20 Å². The summed E-state index contributed by atoms with van der Waals surface area (Å²) in [6.45, 7) is 1.06. The fourth-order valence-corrected chi connectivity index (χ4v) is 1.86. The second-order valence-electron chi connectivity index (χ2n) is 3.05. The number of aryl methyl sites for hydroxylation is 1. The van der Waals surface area contributed by atoms with E-state index in [0.717, 1.165) is 23.3 Å². The largest absolute Gasteiger partial charge is 0.370 e. The quantitative estimate of drug-likeness (QED) is 0.736. The van der Waals surface area contributed by atoms with Crippen LogP contribution in [-0.2, 0) is 6.42 Å². The standard InChI is InChI=1S/C9H11BrN2/c10-8-5-7-3-1-2-4-11-9(7)12-6-8/h5-6H,1-4H2,(H,11,12). The molecule has 64 valence electrons. The Bertz CT molecular complexity index is 286. The lowest BCUT2D eigenvalue weighted by Gasteiger charge is -2.05. The summed E-state index contributed by atoms with van der Waals surface area (Å²) in [5.41, 5.74) is 1.34. The molecule has 0 radical (unpaired) electrons. The van der Waals surface area contributed by atoms with Crippen molar-refractivity contribution in [3.63, 3.8) is 0 Å². The lowest BCUT2D eigenvalue weighted by Crippen LogP contribution is -2.01.